The first kappa shape index (κ1) is 24.6. The lowest BCUT2D eigenvalue weighted by Gasteiger charge is -2.23. The molecule has 0 atom stereocenters. The van der Waals surface area contributed by atoms with Crippen molar-refractivity contribution in [3.63, 3.8) is 0 Å². The van der Waals surface area contributed by atoms with Crippen LogP contribution in [-0.4, -0.2) is 9.55 Å². The standard InChI is InChI=1S/C38H34N2S/c1-24(2)26-18-20-28-29-14-11-15-30(36(29)41-35(28)22-26)37-39-32-16-9-10-17-34(32)40(37)33-21-19-27(38(3,4)5)23-31(33)25-12-7-6-8-13-25/h6-24H,1-5H3/i24D. The van der Waals surface area contributed by atoms with E-state index < -0.39 is 5.89 Å². The Morgan fingerprint density at radius 2 is 1.54 bits per heavy atom. The van der Waals surface area contributed by atoms with Gasteiger partial charge in [-0.2, -0.15) is 0 Å². The highest BCUT2D eigenvalue weighted by molar-refractivity contribution is 7.26. The molecule has 7 aromatic rings. The molecule has 0 saturated carbocycles. The van der Waals surface area contributed by atoms with E-state index in [2.05, 4.69) is 135 Å². The van der Waals surface area contributed by atoms with Crippen molar-refractivity contribution in [3.05, 3.63) is 120 Å². The third kappa shape index (κ3) is 4.36. The molecule has 0 unspecified atom stereocenters. The molecule has 5 aromatic carbocycles. The fourth-order valence-electron chi connectivity index (χ4n) is 5.78. The molecule has 202 valence electrons. The monoisotopic (exact) mass is 551 g/mol. The normalized spacial score (nSPS) is 12.9. The SMILES string of the molecule is [2H]C(C)(C)c1ccc2c(c1)sc1c(-c3nc4ccccc4n3-c3ccc(C(C)(C)C)cc3-c3ccccc3)cccc12. The average Bonchev–Trinajstić information content (AvgIpc) is 3.54. The zero-order valence-corrected chi connectivity index (χ0v) is 25.0. The summed E-state index contributed by atoms with van der Waals surface area (Å²) >= 11 is 1.80. The molecule has 0 radical (unpaired) electrons. The van der Waals surface area contributed by atoms with Crippen LogP contribution in [-0.2, 0) is 5.41 Å². The fourth-order valence-corrected chi connectivity index (χ4v) is 7.03. The van der Waals surface area contributed by atoms with Gasteiger partial charge < -0.3 is 0 Å². The van der Waals surface area contributed by atoms with Gasteiger partial charge >= 0.3 is 0 Å². The maximum atomic E-state index is 8.58. The number of aromatic nitrogens is 2. The first-order valence-electron chi connectivity index (χ1n) is 14.7. The van der Waals surface area contributed by atoms with Crippen molar-refractivity contribution in [2.24, 2.45) is 0 Å². The Morgan fingerprint density at radius 1 is 0.756 bits per heavy atom. The van der Waals surface area contributed by atoms with Crippen molar-refractivity contribution in [1.29, 1.82) is 0 Å². The van der Waals surface area contributed by atoms with Gasteiger partial charge in [0.2, 0.25) is 0 Å². The third-order valence-corrected chi connectivity index (χ3v) is 9.27. The highest BCUT2D eigenvalue weighted by atomic mass is 32.1. The van der Waals surface area contributed by atoms with Crippen LogP contribution in [0.5, 0.6) is 0 Å². The van der Waals surface area contributed by atoms with Crippen molar-refractivity contribution in [3.8, 4) is 28.2 Å². The second-order valence-corrected chi connectivity index (χ2v) is 13.2. The molecular formula is C38H34N2S. The molecule has 0 fully saturated rings. The fraction of sp³-hybridized carbons (Fsp3) is 0.184. The van der Waals surface area contributed by atoms with E-state index in [1.165, 1.54) is 36.9 Å². The van der Waals surface area contributed by atoms with Crippen molar-refractivity contribution >= 4 is 42.5 Å². The number of benzene rings is 5. The summed E-state index contributed by atoms with van der Waals surface area (Å²) < 4.78 is 13.4. The zero-order valence-electron chi connectivity index (χ0n) is 25.2. The Morgan fingerprint density at radius 3 is 2.32 bits per heavy atom. The van der Waals surface area contributed by atoms with Gasteiger partial charge in [0.1, 0.15) is 5.82 Å². The second-order valence-electron chi connectivity index (χ2n) is 12.1. The minimum absolute atomic E-state index is 0.0248. The Hall–Kier alpha value is -4.21. The maximum absolute atomic E-state index is 8.58. The van der Waals surface area contributed by atoms with Crippen LogP contribution in [0.4, 0.5) is 0 Å². The van der Waals surface area contributed by atoms with Crippen molar-refractivity contribution in [2.45, 2.75) is 45.9 Å². The number of hydrogen-bond acceptors (Lipinski definition) is 2. The van der Waals surface area contributed by atoms with E-state index >= 15 is 0 Å². The largest absolute Gasteiger partial charge is 0.292 e. The molecule has 0 N–H and O–H groups in total. The van der Waals surface area contributed by atoms with E-state index in [1.807, 2.05) is 13.8 Å². The predicted octanol–water partition coefficient (Wildman–Crippen LogP) is 11.1. The number of nitrogens with zero attached hydrogens (tertiary/aromatic N) is 2. The molecule has 41 heavy (non-hydrogen) atoms. The summed E-state index contributed by atoms with van der Waals surface area (Å²) in [6.07, 6.45) is 0. The summed E-state index contributed by atoms with van der Waals surface area (Å²) in [6.45, 7) is 10.7. The highest BCUT2D eigenvalue weighted by Gasteiger charge is 2.22. The van der Waals surface area contributed by atoms with E-state index in [1.54, 1.807) is 11.3 Å². The summed E-state index contributed by atoms with van der Waals surface area (Å²) in [5, 5.41) is 2.46. The van der Waals surface area contributed by atoms with Gasteiger partial charge in [0.15, 0.2) is 0 Å². The topological polar surface area (TPSA) is 17.8 Å². The lowest BCUT2D eigenvalue weighted by Crippen LogP contribution is -2.12. The minimum Gasteiger partial charge on any atom is -0.292 e. The van der Waals surface area contributed by atoms with Gasteiger partial charge in [-0.3, -0.25) is 4.57 Å². The molecule has 2 heterocycles. The molecule has 2 aromatic heterocycles. The first-order valence-corrected chi connectivity index (χ1v) is 15.1. The van der Waals surface area contributed by atoms with Crippen LogP contribution < -0.4 is 0 Å². The van der Waals surface area contributed by atoms with Crippen LogP contribution in [0, 0.1) is 0 Å². The Kier molecular flexibility index (Phi) is 5.82. The molecule has 7 rings (SSSR count). The van der Waals surface area contributed by atoms with Crippen LogP contribution >= 0.6 is 11.3 Å². The van der Waals surface area contributed by atoms with Crippen LogP contribution in [0.3, 0.4) is 0 Å². The van der Waals surface area contributed by atoms with Gasteiger partial charge in [-0.05, 0) is 64.4 Å². The van der Waals surface area contributed by atoms with Gasteiger partial charge in [-0.25, -0.2) is 4.98 Å². The van der Waals surface area contributed by atoms with Gasteiger partial charge in [-0.1, -0.05) is 107 Å². The molecule has 0 aliphatic rings. The molecule has 3 heteroatoms. The third-order valence-electron chi connectivity index (χ3n) is 8.07. The lowest BCUT2D eigenvalue weighted by atomic mass is 9.85. The molecule has 0 saturated heterocycles. The first-order chi connectivity index (χ1) is 20.1. The molecule has 0 bridgehead atoms. The van der Waals surface area contributed by atoms with Crippen molar-refractivity contribution < 1.29 is 1.37 Å². The number of rotatable bonds is 4. The molecule has 0 aliphatic heterocycles. The summed E-state index contributed by atoms with van der Waals surface area (Å²) in [5.41, 5.74) is 9.04. The highest BCUT2D eigenvalue weighted by Crippen LogP contribution is 2.43. The van der Waals surface area contributed by atoms with Crippen molar-refractivity contribution in [1.82, 2.24) is 9.55 Å². The summed E-state index contributed by atoms with van der Waals surface area (Å²) in [4.78, 5) is 5.28. The maximum Gasteiger partial charge on any atom is 0.147 e. The average molecular weight is 552 g/mol. The molecule has 0 spiro atoms. The minimum atomic E-state index is -0.645. The van der Waals surface area contributed by atoms with E-state index in [0.29, 0.717) is 0 Å². The molecule has 0 amide bonds. The van der Waals surface area contributed by atoms with E-state index in [9.17, 15) is 0 Å². The van der Waals surface area contributed by atoms with Gasteiger partial charge in [-0.15, -0.1) is 11.3 Å². The smallest absolute Gasteiger partial charge is 0.147 e. The number of thiophene rings is 1. The molecular weight excluding hydrogens is 516 g/mol. The second kappa shape index (κ2) is 9.71. The predicted molar refractivity (Wildman–Crippen MR) is 178 cm³/mol. The summed E-state index contributed by atoms with van der Waals surface area (Å²) in [7, 11) is 0. The lowest BCUT2D eigenvalue weighted by molar-refractivity contribution is 0.590. The molecule has 0 aliphatic carbocycles. The van der Waals surface area contributed by atoms with E-state index in [4.69, 9.17) is 6.35 Å². The Balaban J connectivity index is 1.54. The van der Waals surface area contributed by atoms with Crippen LogP contribution in [0.25, 0.3) is 59.4 Å². The van der Waals surface area contributed by atoms with Crippen LogP contribution in [0.15, 0.2) is 109 Å². The number of imidazole rings is 1. The Bertz CT molecular complexity index is 2100. The van der Waals surface area contributed by atoms with Gasteiger partial charge in [0.25, 0.3) is 0 Å². The Labute approximate surface area is 247 Å². The van der Waals surface area contributed by atoms with Gasteiger partial charge in [0.05, 0.1) is 16.7 Å². The summed E-state index contributed by atoms with van der Waals surface area (Å²) in [5.74, 6) is 0.295. The number of fused-ring (bicyclic) bond motifs is 4. The number of para-hydroxylation sites is 2. The van der Waals surface area contributed by atoms with E-state index in [-0.39, 0.29) is 5.41 Å². The zero-order chi connectivity index (χ0) is 29.2. The quantitative estimate of drug-likeness (QED) is 0.213. The van der Waals surface area contributed by atoms with Crippen LogP contribution in [0.2, 0.25) is 0 Å². The number of hydrogen-bond donors (Lipinski definition) is 0. The summed E-state index contributed by atoms with van der Waals surface area (Å²) in [6, 6.07) is 39.1. The van der Waals surface area contributed by atoms with Crippen LogP contribution in [0.1, 0.15) is 53.0 Å². The van der Waals surface area contributed by atoms with Crippen molar-refractivity contribution in [2.75, 3.05) is 0 Å². The van der Waals surface area contributed by atoms with Gasteiger partial charge in [0, 0.05) is 32.7 Å². The molecule has 2 nitrogen and oxygen atoms in total. The van der Waals surface area contributed by atoms with E-state index in [0.717, 1.165) is 33.7 Å².